The standard InChI is InChI=1S/C18H11ClO4/c19-13-8-6-11(7-9-13)16(20)14-10-23-17(15(14)18(21)22)12-4-2-1-3-5-12/h1-10H,(H,21,22). The monoisotopic (exact) mass is 326 g/mol. The lowest BCUT2D eigenvalue weighted by atomic mass is 9.99. The highest BCUT2D eigenvalue weighted by Gasteiger charge is 2.26. The van der Waals surface area contributed by atoms with E-state index in [1.54, 1.807) is 48.5 Å². The number of furan rings is 1. The van der Waals surface area contributed by atoms with Crippen molar-refractivity contribution in [2.24, 2.45) is 0 Å². The molecule has 0 amide bonds. The van der Waals surface area contributed by atoms with Crippen LogP contribution in [0.2, 0.25) is 5.02 Å². The zero-order valence-corrected chi connectivity index (χ0v) is 12.6. The van der Waals surface area contributed by atoms with Crippen molar-refractivity contribution in [1.29, 1.82) is 0 Å². The van der Waals surface area contributed by atoms with Gasteiger partial charge in [-0.05, 0) is 24.3 Å². The number of ketones is 1. The molecule has 2 aromatic carbocycles. The maximum Gasteiger partial charge on any atom is 0.340 e. The van der Waals surface area contributed by atoms with E-state index >= 15 is 0 Å². The molecule has 4 nitrogen and oxygen atoms in total. The van der Waals surface area contributed by atoms with Crippen LogP contribution in [0.5, 0.6) is 0 Å². The van der Waals surface area contributed by atoms with Crippen LogP contribution in [-0.4, -0.2) is 16.9 Å². The molecule has 0 saturated carbocycles. The van der Waals surface area contributed by atoms with Gasteiger partial charge in [-0.1, -0.05) is 41.9 Å². The van der Waals surface area contributed by atoms with Crippen molar-refractivity contribution in [2.75, 3.05) is 0 Å². The predicted molar refractivity (Wildman–Crippen MR) is 86.0 cm³/mol. The fourth-order valence-electron chi connectivity index (χ4n) is 2.30. The molecule has 0 aliphatic heterocycles. The largest absolute Gasteiger partial charge is 0.478 e. The molecule has 1 N–H and O–H groups in total. The Kier molecular flexibility index (Phi) is 4.00. The Morgan fingerprint density at radius 1 is 0.957 bits per heavy atom. The number of rotatable bonds is 4. The van der Waals surface area contributed by atoms with E-state index in [0.717, 1.165) is 0 Å². The van der Waals surface area contributed by atoms with Crippen LogP contribution in [0.15, 0.2) is 65.3 Å². The highest BCUT2D eigenvalue weighted by molar-refractivity contribution is 6.30. The highest BCUT2D eigenvalue weighted by Crippen LogP contribution is 2.30. The van der Waals surface area contributed by atoms with Crippen molar-refractivity contribution < 1.29 is 19.1 Å². The number of carbonyl (C=O) groups excluding carboxylic acids is 1. The number of carboxylic acid groups (broad SMARTS) is 1. The third-order valence-electron chi connectivity index (χ3n) is 3.39. The zero-order valence-electron chi connectivity index (χ0n) is 11.8. The number of benzene rings is 2. The molecule has 0 atom stereocenters. The van der Waals surface area contributed by atoms with Crippen LogP contribution in [0.3, 0.4) is 0 Å². The molecule has 1 aromatic heterocycles. The summed E-state index contributed by atoms with van der Waals surface area (Å²) in [6.45, 7) is 0. The van der Waals surface area contributed by atoms with E-state index in [9.17, 15) is 14.7 Å². The summed E-state index contributed by atoms with van der Waals surface area (Å²) >= 11 is 5.80. The summed E-state index contributed by atoms with van der Waals surface area (Å²) in [5.74, 6) is -1.48. The lowest BCUT2D eigenvalue weighted by Crippen LogP contribution is -2.08. The molecule has 114 valence electrons. The second kappa shape index (κ2) is 6.10. The number of aromatic carboxylic acids is 1. The summed E-state index contributed by atoms with van der Waals surface area (Å²) in [7, 11) is 0. The van der Waals surface area contributed by atoms with Gasteiger partial charge in [-0.25, -0.2) is 4.79 Å². The van der Waals surface area contributed by atoms with Crippen molar-refractivity contribution in [3.63, 3.8) is 0 Å². The fraction of sp³-hybridized carbons (Fsp3) is 0. The lowest BCUT2D eigenvalue weighted by Gasteiger charge is -2.02. The van der Waals surface area contributed by atoms with Crippen molar-refractivity contribution >= 4 is 23.4 Å². The van der Waals surface area contributed by atoms with Crippen LogP contribution in [0, 0.1) is 0 Å². The van der Waals surface area contributed by atoms with Gasteiger partial charge in [0.15, 0.2) is 5.78 Å². The molecule has 1 heterocycles. The SMILES string of the molecule is O=C(c1ccc(Cl)cc1)c1coc(-c2ccccc2)c1C(=O)O. The van der Waals surface area contributed by atoms with Gasteiger partial charge in [-0.15, -0.1) is 0 Å². The van der Waals surface area contributed by atoms with Crippen LogP contribution >= 0.6 is 11.6 Å². The lowest BCUT2D eigenvalue weighted by molar-refractivity contribution is 0.0693. The Hall–Kier alpha value is -2.85. The molecule has 0 bridgehead atoms. The quantitative estimate of drug-likeness (QED) is 0.715. The van der Waals surface area contributed by atoms with Gasteiger partial charge >= 0.3 is 5.97 Å². The van der Waals surface area contributed by atoms with Gasteiger partial charge in [-0.2, -0.15) is 0 Å². The first kappa shape index (κ1) is 15.1. The normalized spacial score (nSPS) is 10.5. The molecule has 0 spiro atoms. The average Bonchev–Trinajstić information content (AvgIpc) is 3.01. The molecule has 0 unspecified atom stereocenters. The predicted octanol–water partition coefficient (Wildman–Crippen LogP) is 4.53. The summed E-state index contributed by atoms with van der Waals surface area (Å²) in [6.07, 6.45) is 1.18. The summed E-state index contributed by atoms with van der Waals surface area (Å²) in [6, 6.07) is 15.0. The number of hydrogen-bond donors (Lipinski definition) is 1. The molecule has 0 radical (unpaired) electrons. The fourth-order valence-corrected chi connectivity index (χ4v) is 2.42. The maximum atomic E-state index is 12.6. The summed E-state index contributed by atoms with van der Waals surface area (Å²) < 4.78 is 5.38. The summed E-state index contributed by atoms with van der Waals surface area (Å²) in [4.78, 5) is 24.2. The minimum atomic E-state index is -1.21. The van der Waals surface area contributed by atoms with Gasteiger partial charge < -0.3 is 9.52 Å². The second-order valence-electron chi connectivity index (χ2n) is 4.86. The Balaban J connectivity index is 2.10. The van der Waals surface area contributed by atoms with Crippen molar-refractivity contribution in [3.8, 4) is 11.3 Å². The van der Waals surface area contributed by atoms with E-state index in [-0.39, 0.29) is 16.9 Å². The first-order valence-electron chi connectivity index (χ1n) is 6.78. The van der Waals surface area contributed by atoms with Gasteiger partial charge in [0.1, 0.15) is 17.6 Å². The van der Waals surface area contributed by atoms with Crippen LogP contribution < -0.4 is 0 Å². The van der Waals surface area contributed by atoms with Gasteiger partial charge in [0.2, 0.25) is 0 Å². The minimum Gasteiger partial charge on any atom is -0.478 e. The number of halogens is 1. The smallest absolute Gasteiger partial charge is 0.340 e. The van der Waals surface area contributed by atoms with Crippen molar-refractivity contribution in [1.82, 2.24) is 0 Å². The van der Waals surface area contributed by atoms with E-state index in [1.165, 1.54) is 6.26 Å². The van der Waals surface area contributed by atoms with Crippen LogP contribution in [-0.2, 0) is 0 Å². The molecule has 3 aromatic rings. The van der Waals surface area contributed by atoms with E-state index in [2.05, 4.69) is 0 Å². The molecule has 5 heteroatoms. The number of hydrogen-bond acceptors (Lipinski definition) is 3. The number of carbonyl (C=O) groups is 2. The Labute approximate surface area is 136 Å². The van der Waals surface area contributed by atoms with Crippen LogP contribution in [0.4, 0.5) is 0 Å². The van der Waals surface area contributed by atoms with Crippen LogP contribution in [0.25, 0.3) is 11.3 Å². The van der Waals surface area contributed by atoms with Crippen molar-refractivity contribution in [2.45, 2.75) is 0 Å². The first-order valence-corrected chi connectivity index (χ1v) is 7.16. The average molecular weight is 327 g/mol. The maximum absolute atomic E-state index is 12.6. The number of carboxylic acids is 1. The third-order valence-corrected chi connectivity index (χ3v) is 3.64. The van der Waals surface area contributed by atoms with E-state index in [1.807, 2.05) is 6.07 Å². The molecule has 23 heavy (non-hydrogen) atoms. The first-order chi connectivity index (χ1) is 11.1. The molecule has 0 saturated heterocycles. The van der Waals surface area contributed by atoms with E-state index < -0.39 is 11.8 Å². The molecular formula is C18H11ClO4. The molecule has 0 aliphatic rings. The molecule has 0 fully saturated rings. The topological polar surface area (TPSA) is 67.5 Å². The summed E-state index contributed by atoms with van der Waals surface area (Å²) in [5.41, 5.74) is 0.812. The Morgan fingerprint density at radius 3 is 2.22 bits per heavy atom. The van der Waals surface area contributed by atoms with Gasteiger partial charge in [0.25, 0.3) is 0 Å². The molecule has 0 aliphatic carbocycles. The van der Waals surface area contributed by atoms with Gasteiger partial charge in [0, 0.05) is 16.1 Å². The minimum absolute atomic E-state index is 0.0127. The zero-order chi connectivity index (χ0) is 16.4. The highest BCUT2D eigenvalue weighted by atomic mass is 35.5. The van der Waals surface area contributed by atoms with Crippen molar-refractivity contribution in [3.05, 3.63) is 82.6 Å². The summed E-state index contributed by atoms with van der Waals surface area (Å²) in [5, 5.41) is 10.0. The van der Waals surface area contributed by atoms with Crippen LogP contribution in [0.1, 0.15) is 26.3 Å². The second-order valence-corrected chi connectivity index (χ2v) is 5.30. The Bertz CT molecular complexity index is 864. The van der Waals surface area contributed by atoms with Gasteiger partial charge in [0.05, 0.1) is 5.56 Å². The van der Waals surface area contributed by atoms with E-state index in [4.69, 9.17) is 16.0 Å². The Morgan fingerprint density at radius 2 is 1.61 bits per heavy atom. The molecular weight excluding hydrogens is 316 g/mol. The molecule has 3 rings (SSSR count). The van der Waals surface area contributed by atoms with E-state index in [0.29, 0.717) is 16.1 Å². The van der Waals surface area contributed by atoms with Gasteiger partial charge in [-0.3, -0.25) is 4.79 Å². The third kappa shape index (κ3) is 2.89.